The van der Waals surface area contributed by atoms with Crippen molar-refractivity contribution in [3.63, 3.8) is 0 Å². The fourth-order valence-corrected chi connectivity index (χ4v) is 6.77. The van der Waals surface area contributed by atoms with Gasteiger partial charge in [-0.1, -0.05) is 49.6 Å². The molecule has 0 spiro atoms. The van der Waals surface area contributed by atoms with Crippen LogP contribution in [0.1, 0.15) is 97.2 Å². The molecule has 1 aliphatic carbocycles. The first kappa shape index (κ1) is 28.2. The summed E-state index contributed by atoms with van der Waals surface area (Å²) >= 11 is 1.49. The second kappa shape index (κ2) is 13.3. The lowest BCUT2D eigenvalue weighted by atomic mass is 9.82. The van der Waals surface area contributed by atoms with Gasteiger partial charge in [0.15, 0.2) is 5.69 Å². The van der Waals surface area contributed by atoms with Crippen LogP contribution in [0.5, 0.6) is 0 Å². The molecule has 38 heavy (non-hydrogen) atoms. The molecule has 206 valence electrons. The lowest BCUT2D eigenvalue weighted by Crippen LogP contribution is -2.56. The van der Waals surface area contributed by atoms with E-state index in [4.69, 9.17) is 15.5 Å². The number of rotatable bonds is 9. The van der Waals surface area contributed by atoms with Crippen LogP contribution in [-0.4, -0.2) is 52.9 Å². The molecule has 2 fully saturated rings. The smallest absolute Gasteiger partial charge is 0.358 e. The van der Waals surface area contributed by atoms with Crippen molar-refractivity contribution in [3.8, 4) is 0 Å². The summed E-state index contributed by atoms with van der Waals surface area (Å²) in [4.78, 5) is 47.1. The molecule has 1 aromatic heterocycles. The molecular weight excluding hydrogens is 500 g/mol. The Kier molecular flexibility index (Phi) is 9.91. The number of thiazole rings is 1. The Labute approximate surface area is 229 Å². The minimum Gasteiger partial charge on any atom is -0.461 e. The number of ether oxygens (including phenoxy) is 1. The maximum atomic E-state index is 14.1. The van der Waals surface area contributed by atoms with Gasteiger partial charge in [-0.3, -0.25) is 9.59 Å². The number of piperidine rings is 1. The minimum atomic E-state index is -0.683. The van der Waals surface area contributed by atoms with Gasteiger partial charge in [0.05, 0.1) is 18.7 Å². The van der Waals surface area contributed by atoms with Gasteiger partial charge in [0.2, 0.25) is 11.8 Å². The zero-order valence-electron chi connectivity index (χ0n) is 22.5. The van der Waals surface area contributed by atoms with E-state index < -0.39 is 18.1 Å². The van der Waals surface area contributed by atoms with Crippen LogP contribution in [0.15, 0.2) is 30.3 Å². The second-order valence-corrected chi connectivity index (χ2v) is 11.5. The molecule has 1 unspecified atom stereocenters. The lowest BCUT2D eigenvalue weighted by Gasteiger charge is -2.39. The summed E-state index contributed by atoms with van der Waals surface area (Å²) < 4.78 is 5.33. The maximum absolute atomic E-state index is 14.1. The molecule has 9 heteroatoms. The highest BCUT2D eigenvalue weighted by atomic mass is 32.1. The van der Waals surface area contributed by atoms with Crippen LogP contribution >= 0.6 is 11.3 Å². The Hall–Kier alpha value is -2.78. The Morgan fingerprint density at radius 3 is 2.50 bits per heavy atom. The number of carbonyl (C=O) groups is 3. The first-order valence-corrected chi connectivity index (χ1v) is 14.8. The standard InChI is InChI=1S/C29H40N4O4S/c1-3-37-29(36)25-23(18-20-12-6-4-7-13-20)38-27(32-25)22-16-10-11-17-33(22)28(35)24(31-26(34)19(2)30)21-14-8-5-9-15-21/h4,6-7,12-13,19,21-22,24H,3,5,8-11,14-18,30H2,1-2H3,(H,31,34)/t19-,22?,24-/m0/s1. The zero-order valence-corrected chi connectivity index (χ0v) is 23.3. The third-order valence-corrected chi connectivity index (χ3v) is 8.72. The molecule has 1 saturated carbocycles. The summed E-state index contributed by atoms with van der Waals surface area (Å²) in [6.07, 6.45) is 8.32. The Balaban J connectivity index is 1.64. The normalized spacial score (nSPS) is 20.0. The van der Waals surface area contributed by atoms with Crippen molar-refractivity contribution in [1.82, 2.24) is 15.2 Å². The highest BCUT2D eigenvalue weighted by molar-refractivity contribution is 7.12. The summed E-state index contributed by atoms with van der Waals surface area (Å²) in [7, 11) is 0. The number of benzene rings is 1. The number of carbonyl (C=O) groups excluding carboxylic acids is 3. The van der Waals surface area contributed by atoms with Crippen molar-refractivity contribution in [2.45, 2.75) is 89.8 Å². The van der Waals surface area contributed by atoms with Crippen molar-refractivity contribution in [2.75, 3.05) is 13.2 Å². The highest BCUT2D eigenvalue weighted by Gasteiger charge is 2.39. The van der Waals surface area contributed by atoms with Gasteiger partial charge in [0, 0.05) is 17.8 Å². The average Bonchev–Trinajstić information content (AvgIpc) is 3.36. The van der Waals surface area contributed by atoms with Gasteiger partial charge >= 0.3 is 5.97 Å². The molecule has 1 aromatic carbocycles. The molecule has 8 nitrogen and oxygen atoms in total. The van der Waals surface area contributed by atoms with Gasteiger partial charge in [-0.25, -0.2) is 9.78 Å². The molecule has 2 aromatic rings. The first-order valence-electron chi connectivity index (χ1n) is 14.0. The van der Waals surface area contributed by atoms with E-state index in [1.807, 2.05) is 35.2 Å². The van der Waals surface area contributed by atoms with Crippen molar-refractivity contribution >= 4 is 29.1 Å². The van der Waals surface area contributed by atoms with Gasteiger partial charge in [-0.15, -0.1) is 11.3 Å². The third-order valence-electron chi connectivity index (χ3n) is 7.56. The Morgan fingerprint density at radius 1 is 1.11 bits per heavy atom. The van der Waals surface area contributed by atoms with Crippen molar-refractivity contribution in [1.29, 1.82) is 0 Å². The average molecular weight is 541 g/mol. The third kappa shape index (κ3) is 6.80. The van der Waals surface area contributed by atoms with Gasteiger partial charge < -0.3 is 20.7 Å². The number of aromatic nitrogens is 1. The predicted octanol–water partition coefficient (Wildman–Crippen LogP) is 4.38. The van der Waals surface area contributed by atoms with E-state index in [1.165, 1.54) is 11.3 Å². The molecule has 3 atom stereocenters. The largest absolute Gasteiger partial charge is 0.461 e. The van der Waals surface area contributed by atoms with Crippen LogP contribution in [0, 0.1) is 5.92 Å². The van der Waals surface area contributed by atoms with Crippen LogP contribution in [0.3, 0.4) is 0 Å². The van der Waals surface area contributed by atoms with Crippen LogP contribution in [0.25, 0.3) is 0 Å². The predicted molar refractivity (Wildman–Crippen MR) is 148 cm³/mol. The van der Waals surface area contributed by atoms with Crippen LogP contribution in [0.2, 0.25) is 0 Å². The summed E-state index contributed by atoms with van der Waals surface area (Å²) in [5.41, 5.74) is 7.28. The summed E-state index contributed by atoms with van der Waals surface area (Å²) in [6, 6.07) is 8.46. The van der Waals surface area contributed by atoms with Gasteiger partial charge in [-0.2, -0.15) is 0 Å². The molecule has 1 saturated heterocycles. The number of hydrogen-bond acceptors (Lipinski definition) is 7. The fraction of sp³-hybridized carbons (Fsp3) is 0.586. The monoisotopic (exact) mass is 540 g/mol. The highest BCUT2D eigenvalue weighted by Crippen LogP contribution is 2.37. The molecule has 0 bridgehead atoms. The maximum Gasteiger partial charge on any atom is 0.358 e. The molecule has 2 amide bonds. The van der Waals surface area contributed by atoms with E-state index in [1.54, 1.807) is 13.8 Å². The molecule has 2 aliphatic rings. The molecular formula is C29H40N4O4S. The molecule has 4 rings (SSSR count). The van der Waals surface area contributed by atoms with Gasteiger partial charge in [0.25, 0.3) is 0 Å². The summed E-state index contributed by atoms with van der Waals surface area (Å²) in [6.45, 7) is 4.30. The molecule has 3 N–H and O–H groups in total. The Morgan fingerprint density at radius 2 is 1.82 bits per heavy atom. The Bertz CT molecular complexity index is 1100. The zero-order chi connectivity index (χ0) is 27.1. The van der Waals surface area contributed by atoms with E-state index in [9.17, 15) is 14.4 Å². The van der Waals surface area contributed by atoms with Crippen LogP contribution in [-0.2, 0) is 20.7 Å². The molecule has 1 aliphatic heterocycles. The van der Waals surface area contributed by atoms with E-state index in [0.29, 0.717) is 18.7 Å². The second-order valence-electron chi connectivity index (χ2n) is 10.4. The first-order chi connectivity index (χ1) is 18.4. The molecule has 2 heterocycles. The summed E-state index contributed by atoms with van der Waals surface area (Å²) in [5.74, 6) is -0.694. The molecule has 0 radical (unpaired) electrons. The number of hydrogen-bond donors (Lipinski definition) is 2. The quantitative estimate of drug-likeness (QED) is 0.456. The number of amides is 2. The van der Waals surface area contributed by atoms with Crippen LogP contribution < -0.4 is 11.1 Å². The summed E-state index contributed by atoms with van der Waals surface area (Å²) in [5, 5.41) is 3.75. The van der Waals surface area contributed by atoms with E-state index in [-0.39, 0.29) is 30.4 Å². The lowest BCUT2D eigenvalue weighted by molar-refractivity contribution is -0.142. The fourth-order valence-electron chi connectivity index (χ4n) is 5.54. The van der Waals surface area contributed by atoms with Crippen molar-refractivity contribution < 1.29 is 19.1 Å². The number of nitrogens with one attached hydrogen (secondary N) is 1. The minimum absolute atomic E-state index is 0.0619. The van der Waals surface area contributed by atoms with Crippen molar-refractivity contribution in [2.24, 2.45) is 11.7 Å². The number of nitrogens with zero attached hydrogens (tertiary/aromatic N) is 2. The van der Waals surface area contributed by atoms with E-state index in [0.717, 1.165) is 66.8 Å². The van der Waals surface area contributed by atoms with Gasteiger partial charge in [-0.05, 0) is 57.4 Å². The SMILES string of the molecule is CCOC(=O)c1nc(C2CCCCN2C(=O)[C@@H](NC(=O)[C@H](C)N)C2CCCCC2)sc1Cc1ccccc1. The van der Waals surface area contributed by atoms with Crippen LogP contribution in [0.4, 0.5) is 0 Å². The van der Waals surface area contributed by atoms with E-state index in [2.05, 4.69) is 5.32 Å². The number of likely N-dealkylation sites (tertiary alicyclic amines) is 1. The van der Waals surface area contributed by atoms with Gasteiger partial charge in [0.1, 0.15) is 11.0 Å². The number of esters is 1. The van der Waals surface area contributed by atoms with E-state index >= 15 is 0 Å². The topological polar surface area (TPSA) is 115 Å². The van der Waals surface area contributed by atoms with Crippen molar-refractivity contribution in [3.05, 3.63) is 51.5 Å². The number of nitrogens with two attached hydrogens (primary N) is 1.